The quantitative estimate of drug-likeness (QED) is 0.580. The standard InChI is InChI=1S/C21H20FN5O3/c22-14-5-7-15(8-6-14)27-12-13(11-19(27)29)20(30)23-10-9-18(28)26-21-24-16-3-1-2-4-17(16)25-21/h1-8,13H,9-12H2,(H,23,30)(H2,24,25,26,28). The number of hydrogen-bond acceptors (Lipinski definition) is 4. The predicted octanol–water partition coefficient (Wildman–Crippen LogP) is 2.20. The first-order valence-corrected chi connectivity index (χ1v) is 9.58. The fraction of sp³-hybridized carbons (Fsp3) is 0.238. The first-order chi connectivity index (χ1) is 14.5. The number of rotatable bonds is 6. The average molecular weight is 409 g/mol. The van der Waals surface area contributed by atoms with Gasteiger partial charge < -0.3 is 15.2 Å². The number of nitrogens with one attached hydrogen (secondary N) is 3. The van der Waals surface area contributed by atoms with Crippen LogP contribution in [-0.2, 0) is 14.4 Å². The maximum atomic E-state index is 13.1. The molecule has 1 saturated heterocycles. The monoisotopic (exact) mass is 409 g/mol. The second-order valence-electron chi connectivity index (χ2n) is 7.07. The maximum absolute atomic E-state index is 13.1. The lowest BCUT2D eigenvalue weighted by Gasteiger charge is -2.16. The van der Waals surface area contributed by atoms with Gasteiger partial charge in [0.1, 0.15) is 5.82 Å². The number of aromatic nitrogens is 2. The lowest BCUT2D eigenvalue weighted by molar-refractivity contribution is -0.126. The first kappa shape index (κ1) is 19.6. The van der Waals surface area contributed by atoms with Crippen LogP contribution in [0.3, 0.4) is 0 Å². The van der Waals surface area contributed by atoms with Crippen LogP contribution in [0.25, 0.3) is 11.0 Å². The highest BCUT2D eigenvalue weighted by atomic mass is 19.1. The van der Waals surface area contributed by atoms with E-state index in [1.807, 2.05) is 24.3 Å². The molecule has 2 heterocycles. The second kappa shape index (κ2) is 8.32. The topological polar surface area (TPSA) is 107 Å². The summed E-state index contributed by atoms with van der Waals surface area (Å²) in [5, 5.41) is 5.37. The zero-order valence-electron chi connectivity index (χ0n) is 16.0. The Kier molecular flexibility index (Phi) is 5.42. The molecular formula is C21H20FN5O3. The summed E-state index contributed by atoms with van der Waals surface area (Å²) in [6.07, 6.45) is 0.152. The number of halogens is 1. The smallest absolute Gasteiger partial charge is 0.228 e. The Morgan fingerprint density at radius 3 is 2.70 bits per heavy atom. The largest absolute Gasteiger partial charge is 0.355 e. The summed E-state index contributed by atoms with van der Waals surface area (Å²) in [6, 6.07) is 13.0. The number of anilines is 2. The van der Waals surface area contributed by atoms with E-state index in [9.17, 15) is 18.8 Å². The summed E-state index contributed by atoms with van der Waals surface area (Å²) in [4.78, 5) is 45.4. The summed E-state index contributed by atoms with van der Waals surface area (Å²) in [5.41, 5.74) is 2.12. The van der Waals surface area contributed by atoms with E-state index in [-0.39, 0.29) is 49.5 Å². The van der Waals surface area contributed by atoms with Gasteiger partial charge >= 0.3 is 0 Å². The number of aromatic amines is 1. The minimum Gasteiger partial charge on any atom is -0.355 e. The van der Waals surface area contributed by atoms with E-state index in [4.69, 9.17) is 0 Å². The zero-order valence-corrected chi connectivity index (χ0v) is 16.0. The molecule has 1 fully saturated rings. The lowest BCUT2D eigenvalue weighted by atomic mass is 10.1. The van der Waals surface area contributed by atoms with Gasteiger partial charge in [0, 0.05) is 31.6 Å². The average Bonchev–Trinajstić information content (AvgIpc) is 3.31. The number of imidazole rings is 1. The van der Waals surface area contributed by atoms with E-state index in [2.05, 4.69) is 20.6 Å². The zero-order chi connectivity index (χ0) is 21.1. The molecule has 154 valence electrons. The van der Waals surface area contributed by atoms with E-state index in [1.54, 1.807) is 0 Å². The third kappa shape index (κ3) is 4.29. The summed E-state index contributed by atoms with van der Waals surface area (Å²) in [6.45, 7) is 0.369. The van der Waals surface area contributed by atoms with E-state index in [1.165, 1.54) is 29.2 Å². The normalized spacial score (nSPS) is 16.1. The van der Waals surface area contributed by atoms with Gasteiger partial charge in [-0.15, -0.1) is 0 Å². The van der Waals surface area contributed by atoms with Crippen LogP contribution < -0.4 is 15.5 Å². The highest BCUT2D eigenvalue weighted by Gasteiger charge is 2.35. The van der Waals surface area contributed by atoms with Crippen molar-refractivity contribution in [2.45, 2.75) is 12.8 Å². The minimum atomic E-state index is -0.513. The highest BCUT2D eigenvalue weighted by molar-refractivity contribution is 6.00. The van der Waals surface area contributed by atoms with Gasteiger partial charge in [-0.1, -0.05) is 12.1 Å². The van der Waals surface area contributed by atoms with Gasteiger partial charge in [0.2, 0.25) is 23.7 Å². The molecule has 2 aromatic carbocycles. The summed E-state index contributed by atoms with van der Waals surface area (Å²) in [5.74, 6) is -1.32. The van der Waals surface area contributed by atoms with Crippen molar-refractivity contribution in [3.8, 4) is 0 Å². The Balaban J connectivity index is 1.25. The molecule has 0 saturated carbocycles. The van der Waals surface area contributed by atoms with Crippen LogP contribution in [-0.4, -0.2) is 40.8 Å². The SMILES string of the molecule is O=C(CCNC(=O)C1CC(=O)N(c2ccc(F)cc2)C1)Nc1nc2ccccc2[nH]1. The molecule has 3 N–H and O–H groups in total. The van der Waals surface area contributed by atoms with Crippen molar-refractivity contribution in [3.63, 3.8) is 0 Å². The van der Waals surface area contributed by atoms with E-state index >= 15 is 0 Å². The van der Waals surface area contributed by atoms with Crippen molar-refractivity contribution >= 4 is 40.4 Å². The molecule has 1 unspecified atom stereocenters. The van der Waals surface area contributed by atoms with Crippen molar-refractivity contribution in [1.29, 1.82) is 0 Å². The molecule has 0 radical (unpaired) electrons. The Hall–Kier alpha value is -3.75. The van der Waals surface area contributed by atoms with Gasteiger partial charge in [0.05, 0.1) is 17.0 Å². The molecule has 8 nitrogen and oxygen atoms in total. The van der Waals surface area contributed by atoms with E-state index in [0.717, 1.165) is 11.0 Å². The summed E-state index contributed by atoms with van der Waals surface area (Å²) < 4.78 is 13.1. The van der Waals surface area contributed by atoms with Gasteiger partial charge in [-0.2, -0.15) is 0 Å². The van der Waals surface area contributed by atoms with Gasteiger partial charge in [-0.25, -0.2) is 9.37 Å². The van der Waals surface area contributed by atoms with Crippen LogP contribution in [0.5, 0.6) is 0 Å². The number of fused-ring (bicyclic) bond motifs is 1. The Morgan fingerprint density at radius 2 is 1.93 bits per heavy atom. The molecule has 3 aromatic rings. The molecule has 1 aliphatic heterocycles. The second-order valence-corrected chi connectivity index (χ2v) is 7.07. The number of benzene rings is 2. The summed E-state index contributed by atoms with van der Waals surface area (Å²) in [7, 11) is 0. The number of para-hydroxylation sites is 2. The molecular weight excluding hydrogens is 389 g/mol. The van der Waals surface area contributed by atoms with Crippen LogP contribution in [0.4, 0.5) is 16.0 Å². The fourth-order valence-corrected chi connectivity index (χ4v) is 3.40. The van der Waals surface area contributed by atoms with E-state index < -0.39 is 5.92 Å². The molecule has 0 aliphatic carbocycles. The van der Waals surface area contributed by atoms with Gasteiger partial charge in [-0.3, -0.25) is 19.7 Å². The maximum Gasteiger partial charge on any atom is 0.228 e. The van der Waals surface area contributed by atoms with Crippen LogP contribution in [0, 0.1) is 11.7 Å². The molecule has 1 aliphatic rings. The molecule has 1 aromatic heterocycles. The van der Waals surface area contributed by atoms with Gasteiger partial charge in [0.15, 0.2) is 0 Å². The lowest BCUT2D eigenvalue weighted by Crippen LogP contribution is -2.34. The van der Waals surface area contributed by atoms with Crippen molar-refractivity contribution in [1.82, 2.24) is 15.3 Å². The third-order valence-electron chi connectivity index (χ3n) is 4.93. The van der Waals surface area contributed by atoms with Crippen molar-refractivity contribution in [2.24, 2.45) is 5.92 Å². The molecule has 3 amide bonds. The number of hydrogen-bond donors (Lipinski definition) is 3. The number of carbonyl (C=O) groups is 3. The Morgan fingerprint density at radius 1 is 1.17 bits per heavy atom. The van der Waals surface area contributed by atoms with Crippen molar-refractivity contribution in [2.75, 3.05) is 23.3 Å². The molecule has 0 bridgehead atoms. The predicted molar refractivity (Wildman–Crippen MR) is 109 cm³/mol. The molecule has 30 heavy (non-hydrogen) atoms. The van der Waals surface area contributed by atoms with Crippen molar-refractivity contribution in [3.05, 3.63) is 54.3 Å². The summed E-state index contributed by atoms with van der Waals surface area (Å²) >= 11 is 0. The fourth-order valence-electron chi connectivity index (χ4n) is 3.40. The third-order valence-corrected chi connectivity index (χ3v) is 4.93. The molecule has 0 spiro atoms. The number of carbonyl (C=O) groups excluding carboxylic acids is 3. The highest BCUT2D eigenvalue weighted by Crippen LogP contribution is 2.25. The van der Waals surface area contributed by atoms with Gasteiger partial charge in [-0.05, 0) is 36.4 Å². The van der Waals surface area contributed by atoms with Crippen LogP contribution in [0.2, 0.25) is 0 Å². The molecule has 4 rings (SSSR count). The Bertz CT molecular complexity index is 1060. The number of nitrogens with zero attached hydrogens (tertiary/aromatic N) is 2. The van der Waals surface area contributed by atoms with Crippen LogP contribution in [0.15, 0.2) is 48.5 Å². The van der Waals surface area contributed by atoms with Crippen LogP contribution >= 0.6 is 0 Å². The minimum absolute atomic E-state index is 0.0745. The van der Waals surface area contributed by atoms with Gasteiger partial charge in [0.25, 0.3) is 0 Å². The number of H-pyrrole nitrogens is 1. The van der Waals surface area contributed by atoms with E-state index in [0.29, 0.717) is 11.6 Å². The Labute approximate surface area is 171 Å². The van der Waals surface area contributed by atoms with Crippen molar-refractivity contribution < 1.29 is 18.8 Å². The molecule has 9 heteroatoms. The molecule has 1 atom stereocenters. The van der Waals surface area contributed by atoms with Crippen LogP contribution in [0.1, 0.15) is 12.8 Å². The number of amides is 3. The first-order valence-electron chi connectivity index (χ1n) is 9.58.